The van der Waals surface area contributed by atoms with E-state index in [-0.39, 0.29) is 11.9 Å². The smallest absolute Gasteiger partial charge is 0.289 e. The van der Waals surface area contributed by atoms with Crippen molar-refractivity contribution in [3.05, 3.63) is 54.1 Å². The third kappa shape index (κ3) is 3.45. The summed E-state index contributed by atoms with van der Waals surface area (Å²) in [5.41, 5.74) is -0.0294. The van der Waals surface area contributed by atoms with Gasteiger partial charge in [0.05, 0.1) is 6.04 Å². The van der Waals surface area contributed by atoms with Crippen molar-refractivity contribution in [2.24, 2.45) is 7.05 Å². The van der Waals surface area contributed by atoms with Crippen molar-refractivity contribution in [3.8, 4) is 0 Å². The number of piperazine rings is 1. The fourth-order valence-corrected chi connectivity index (χ4v) is 4.44. The van der Waals surface area contributed by atoms with E-state index in [1.807, 2.05) is 42.3 Å². The van der Waals surface area contributed by atoms with Gasteiger partial charge < -0.3 is 19.5 Å². The maximum Gasteiger partial charge on any atom is 0.289 e. The molecule has 1 aromatic carbocycles. The molecule has 2 fully saturated rings. The molecule has 2 atom stereocenters. The summed E-state index contributed by atoms with van der Waals surface area (Å²) >= 11 is 0. The van der Waals surface area contributed by atoms with Gasteiger partial charge in [0.2, 0.25) is 0 Å². The minimum Gasteiger partial charge on any atom is -0.383 e. The van der Waals surface area contributed by atoms with Crippen molar-refractivity contribution in [3.63, 3.8) is 0 Å². The Bertz CT molecular complexity index is 815. The summed E-state index contributed by atoms with van der Waals surface area (Å²) < 4.78 is 1.76. The van der Waals surface area contributed by atoms with Crippen molar-refractivity contribution in [2.75, 3.05) is 46.3 Å². The lowest BCUT2D eigenvalue weighted by atomic mass is 9.79. The molecule has 2 aliphatic heterocycles. The lowest BCUT2D eigenvalue weighted by molar-refractivity contribution is -0.101. The van der Waals surface area contributed by atoms with Crippen molar-refractivity contribution in [2.45, 2.75) is 18.1 Å². The lowest BCUT2D eigenvalue weighted by Crippen LogP contribution is -2.64. The monoisotopic (exact) mass is 383 g/mol. The van der Waals surface area contributed by atoms with Crippen LogP contribution in [-0.4, -0.2) is 87.6 Å². The second-order valence-electron chi connectivity index (χ2n) is 8.01. The zero-order chi connectivity index (χ0) is 19.7. The van der Waals surface area contributed by atoms with Crippen LogP contribution in [0.4, 0.5) is 0 Å². The quantitative estimate of drug-likeness (QED) is 0.848. The molecule has 1 amide bonds. The number of piperidine rings is 1. The molecule has 4 rings (SSSR count). The van der Waals surface area contributed by atoms with Gasteiger partial charge in [-0.1, -0.05) is 30.3 Å². The van der Waals surface area contributed by atoms with Crippen LogP contribution in [0.2, 0.25) is 0 Å². The molecule has 28 heavy (non-hydrogen) atoms. The number of hydrogen-bond acceptors (Lipinski definition) is 5. The molecule has 7 nitrogen and oxygen atoms in total. The first kappa shape index (κ1) is 19.1. The van der Waals surface area contributed by atoms with Gasteiger partial charge in [-0.15, -0.1) is 0 Å². The highest BCUT2D eigenvalue weighted by Gasteiger charge is 2.47. The van der Waals surface area contributed by atoms with Crippen molar-refractivity contribution in [1.82, 2.24) is 24.3 Å². The van der Waals surface area contributed by atoms with Gasteiger partial charge >= 0.3 is 0 Å². The van der Waals surface area contributed by atoms with E-state index in [9.17, 15) is 9.90 Å². The fraction of sp³-hybridized carbons (Fsp3) is 0.524. The van der Waals surface area contributed by atoms with E-state index in [1.165, 1.54) is 0 Å². The van der Waals surface area contributed by atoms with Gasteiger partial charge in [0.1, 0.15) is 5.60 Å². The maximum absolute atomic E-state index is 13.0. The predicted octanol–water partition coefficient (Wildman–Crippen LogP) is 0.770. The maximum atomic E-state index is 13.0. The van der Waals surface area contributed by atoms with Crippen LogP contribution in [-0.2, 0) is 12.6 Å². The Morgan fingerprint density at radius 1 is 1.11 bits per heavy atom. The molecule has 0 spiro atoms. The summed E-state index contributed by atoms with van der Waals surface area (Å²) in [5.74, 6) is 0.379. The fourth-order valence-electron chi connectivity index (χ4n) is 4.44. The van der Waals surface area contributed by atoms with Gasteiger partial charge in [0.25, 0.3) is 5.91 Å². The Morgan fingerprint density at radius 3 is 2.46 bits per heavy atom. The van der Waals surface area contributed by atoms with Crippen LogP contribution in [0.3, 0.4) is 0 Å². The van der Waals surface area contributed by atoms with Crippen LogP contribution in [0.25, 0.3) is 0 Å². The predicted molar refractivity (Wildman–Crippen MR) is 107 cm³/mol. The number of hydrogen-bond donors (Lipinski definition) is 1. The first-order chi connectivity index (χ1) is 13.5. The Labute approximate surface area is 166 Å². The Balaban J connectivity index is 1.62. The number of nitrogens with zero attached hydrogens (tertiary/aromatic N) is 5. The number of amides is 1. The molecular formula is C21H29N5O2. The Morgan fingerprint density at radius 2 is 1.82 bits per heavy atom. The molecule has 150 valence electrons. The standard InChI is InChI=1S/C21H29N5O2/c1-23-12-14-25(15-13-23)18-16-26(20(27)19-22-9-11-24(19)2)10-8-21(18,28)17-6-4-3-5-7-17/h3-7,9,11,18,28H,8,10,12-16H2,1-2H3/t18-,21+/m1/s1. The van der Waals surface area contributed by atoms with E-state index < -0.39 is 5.60 Å². The zero-order valence-corrected chi connectivity index (χ0v) is 16.7. The molecule has 7 heteroatoms. The van der Waals surface area contributed by atoms with E-state index in [1.54, 1.807) is 17.0 Å². The third-order valence-electron chi connectivity index (χ3n) is 6.26. The summed E-state index contributed by atoms with van der Waals surface area (Å²) in [6, 6.07) is 9.77. The van der Waals surface area contributed by atoms with Gasteiger partial charge in [0, 0.05) is 58.7 Å². The number of carbonyl (C=O) groups is 1. The minimum absolute atomic E-state index is 0.0678. The number of imidazole rings is 1. The lowest BCUT2D eigenvalue weighted by Gasteiger charge is -2.51. The topological polar surface area (TPSA) is 64.8 Å². The van der Waals surface area contributed by atoms with Crippen molar-refractivity contribution < 1.29 is 9.90 Å². The van der Waals surface area contributed by atoms with Gasteiger partial charge in [-0.25, -0.2) is 4.98 Å². The number of benzene rings is 1. The van der Waals surface area contributed by atoms with Crippen molar-refractivity contribution >= 4 is 5.91 Å². The number of aryl methyl sites for hydroxylation is 1. The van der Waals surface area contributed by atoms with Crippen LogP contribution in [0.1, 0.15) is 22.6 Å². The Kier molecular flexibility index (Phi) is 5.23. The molecule has 3 heterocycles. The molecule has 2 saturated heterocycles. The molecule has 1 N–H and O–H groups in total. The van der Waals surface area contributed by atoms with Gasteiger partial charge in [0.15, 0.2) is 5.82 Å². The number of rotatable bonds is 3. The molecule has 0 aliphatic carbocycles. The van der Waals surface area contributed by atoms with E-state index in [4.69, 9.17) is 0 Å². The molecule has 0 saturated carbocycles. The highest BCUT2D eigenvalue weighted by Crippen LogP contribution is 2.36. The number of aromatic nitrogens is 2. The second kappa shape index (κ2) is 7.66. The summed E-state index contributed by atoms with van der Waals surface area (Å²) in [7, 11) is 3.96. The van der Waals surface area contributed by atoms with Crippen LogP contribution in [0.15, 0.2) is 42.7 Å². The second-order valence-corrected chi connectivity index (χ2v) is 8.01. The first-order valence-electron chi connectivity index (χ1n) is 9.96. The number of likely N-dealkylation sites (N-methyl/N-ethyl adjacent to an activating group) is 1. The van der Waals surface area contributed by atoms with E-state index in [0.29, 0.717) is 25.3 Å². The summed E-state index contributed by atoms with van der Waals surface area (Å²) in [6.45, 7) is 4.73. The summed E-state index contributed by atoms with van der Waals surface area (Å²) in [6.07, 6.45) is 3.95. The normalized spacial score (nSPS) is 27.1. The zero-order valence-electron chi connectivity index (χ0n) is 16.7. The van der Waals surface area contributed by atoms with Crippen LogP contribution in [0, 0.1) is 0 Å². The molecule has 2 aliphatic rings. The largest absolute Gasteiger partial charge is 0.383 e. The van der Waals surface area contributed by atoms with Crippen molar-refractivity contribution in [1.29, 1.82) is 0 Å². The average molecular weight is 383 g/mol. The average Bonchev–Trinajstić information content (AvgIpc) is 3.15. The molecule has 2 aromatic rings. The Hall–Kier alpha value is -2.22. The third-order valence-corrected chi connectivity index (χ3v) is 6.26. The van der Waals surface area contributed by atoms with Crippen LogP contribution in [0.5, 0.6) is 0 Å². The minimum atomic E-state index is -0.963. The number of likely N-dealkylation sites (tertiary alicyclic amines) is 1. The number of aliphatic hydroxyl groups is 1. The van der Waals surface area contributed by atoms with Gasteiger partial charge in [-0.3, -0.25) is 9.69 Å². The highest BCUT2D eigenvalue weighted by atomic mass is 16.3. The van der Waals surface area contributed by atoms with Crippen LogP contribution >= 0.6 is 0 Å². The molecule has 0 unspecified atom stereocenters. The molecular weight excluding hydrogens is 354 g/mol. The number of carbonyl (C=O) groups excluding carboxylic acids is 1. The van der Waals surface area contributed by atoms with Gasteiger partial charge in [-0.05, 0) is 19.0 Å². The SMILES string of the molecule is CN1CCN([C@@H]2CN(C(=O)c3nccn3C)CC[C@]2(O)c2ccccc2)CC1. The first-order valence-corrected chi connectivity index (χ1v) is 9.96. The van der Waals surface area contributed by atoms with Gasteiger partial charge in [-0.2, -0.15) is 0 Å². The summed E-state index contributed by atoms with van der Waals surface area (Å²) in [5, 5.41) is 11.8. The molecule has 1 aromatic heterocycles. The molecule has 0 radical (unpaired) electrons. The van der Waals surface area contributed by atoms with E-state index in [2.05, 4.69) is 21.8 Å². The van der Waals surface area contributed by atoms with E-state index >= 15 is 0 Å². The van der Waals surface area contributed by atoms with Crippen LogP contribution < -0.4 is 0 Å². The summed E-state index contributed by atoms with van der Waals surface area (Å²) in [4.78, 5) is 23.8. The molecule has 0 bridgehead atoms. The van der Waals surface area contributed by atoms with E-state index in [0.717, 1.165) is 31.7 Å². The highest BCUT2D eigenvalue weighted by molar-refractivity contribution is 5.91.